The fourth-order valence-corrected chi connectivity index (χ4v) is 1.59. The molecule has 0 bridgehead atoms. The van der Waals surface area contributed by atoms with Crippen molar-refractivity contribution in [3.63, 3.8) is 0 Å². The second-order valence-corrected chi connectivity index (χ2v) is 4.40. The van der Waals surface area contributed by atoms with Crippen LogP contribution < -0.4 is 5.32 Å². The molecule has 19 heavy (non-hydrogen) atoms. The highest BCUT2D eigenvalue weighted by Gasteiger charge is 2.24. The first-order valence-electron chi connectivity index (χ1n) is 6.35. The molecule has 0 aliphatic heterocycles. The van der Waals surface area contributed by atoms with Crippen molar-refractivity contribution in [2.45, 2.75) is 19.4 Å². The van der Waals surface area contributed by atoms with E-state index in [0.717, 1.165) is 6.54 Å². The predicted molar refractivity (Wildman–Crippen MR) is 72.2 cm³/mol. The highest BCUT2D eigenvalue weighted by Crippen LogP contribution is 2.01. The average molecular weight is 275 g/mol. The van der Waals surface area contributed by atoms with Crippen LogP contribution in [0.5, 0.6) is 0 Å². The number of hydrogen-bond acceptors (Lipinski definition) is 4. The molecule has 0 aromatic heterocycles. The minimum absolute atomic E-state index is 0.366. The average Bonchev–Trinajstić information content (AvgIpc) is 2.36. The molecule has 0 radical (unpaired) electrons. The summed E-state index contributed by atoms with van der Waals surface area (Å²) in [6.45, 7) is 4.32. The van der Waals surface area contributed by atoms with Crippen LogP contribution in [0.4, 0.5) is 4.79 Å². The van der Waals surface area contributed by atoms with E-state index in [1.165, 1.54) is 11.9 Å². The molecule has 0 spiro atoms. The molecule has 0 heterocycles. The van der Waals surface area contributed by atoms with Crippen LogP contribution in [0.1, 0.15) is 13.3 Å². The third-order valence-corrected chi connectivity index (χ3v) is 2.91. The first-order valence-corrected chi connectivity index (χ1v) is 6.35. The molecule has 1 unspecified atom stereocenters. The van der Waals surface area contributed by atoms with Gasteiger partial charge < -0.3 is 25.0 Å². The van der Waals surface area contributed by atoms with E-state index < -0.39 is 12.0 Å². The Morgan fingerprint density at radius 2 is 1.95 bits per heavy atom. The summed E-state index contributed by atoms with van der Waals surface area (Å²) in [6, 6.07) is -1.15. The number of urea groups is 1. The number of carboxylic acids is 1. The normalized spacial score (nSPS) is 12.3. The van der Waals surface area contributed by atoms with Gasteiger partial charge in [0.1, 0.15) is 6.04 Å². The smallest absolute Gasteiger partial charge is 0.326 e. The number of methoxy groups -OCH3 is 1. The fourth-order valence-electron chi connectivity index (χ4n) is 1.59. The molecular weight excluding hydrogens is 250 g/mol. The van der Waals surface area contributed by atoms with E-state index >= 15 is 0 Å². The van der Waals surface area contributed by atoms with Gasteiger partial charge in [-0.3, -0.25) is 0 Å². The Morgan fingerprint density at radius 1 is 1.32 bits per heavy atom. The van der Waals surface area contributed by atoms with Gasteiger partial charge in [0.15, 0.2) is 0 Å². The minimum atomic E-state index is -0.989. The van der Waals surface area contributed by atoms with E-state index in [9.17, 15) is 9.59 Å². The Kier molecular flexibility index (Phi) is 8.90. The number of nitrogens with zero attached hydrogens (tertiary/aromatic N) is 2. The molecule has 0 saturated heterocycles. The lowest BCUT2D eigenvalue weighted by Crippen LogP contribution is -2.48. The van der Waals surface area contributed by atoms with Crippen LogP contribution in [0.2, 0.25) is 0 Å². The molecule has 7 heteroatoms. The molecule has 7 nitrogen and oxygen atoms in total. The van der Waals surface area contributed by atoms with Crippen molar-refractivity contribution >= 4 is 12.0 Å². The summed E-state index contributed by atoms with van der Waals surface area (Å²) in [5.74, 6) is -0.989. The van der Waals surface area contributed by atoms with Gasteiger partial charge in [-0.2, -0.15) is 0 Å². The van der Waals surface area contributed by atoms with Gasteiger partial charge in [-0.1, -0.05) is 6.92 Å². The molecule has 0 aliphatic carbocycles. The summed E-state index contributed by atoms with van der Waals surface area (Å²) in [6.07, 6.45) is 0.382. The zero-order chi connectivity index (χ0) is 14.8. The number of hydrogen-bond donors (Lipinski definition) is 2. The molecule has 112 valence electrons. The number of rotatable bonds is 9. The van der Waals surface area contributed by atoms with Crippen LogP contribution in [0.25, 0.3) is 0 Å². The van der Waals surface area contributed by atoms with Crippen molar-refractivity contribution in [3.05, 3.63) is 0 Å². The zero-order valence-electron chi connectivity index (χ0n) is 12.2. The van der Waals surface area contributed by atoms with E-state index in [0.29, 0.717) is 26.1 Å². The Labute approximate surface area is 114 Å². The van der Waals surface area contributed by atoms with Gasteiger partial charge in [-0.15, -0.1) is 0 Å². The maximum Gasteiger partial charge on any atom is 0.326 e. The highest BCUT2D eigenvalue weighted by atomic mass is 16.5. The molecule has 0 aromatic carbocycles. The summed E-state index contributed by atoms with van der Waals surface area (Å²) in [4.78, 5) is 25.9. The van der Waals surface area contributed by atoms with Crippen LogP contribution in [0.15, 0.2) is 0 Å². The summed E-state index contributed by atoms with van der Waals surface area (Å²) >= 11 is 0. The maximum absolute atomic E-state index is 11.8. The first kappa shape index (κ1) is 17.7. The van der Waals surface area contributed by atoms with E-state index in [1.54, 1.807) is 14.0 Å². The molecule has 0 aliphatic rings. The molecule has 0 rings (SSSR count). The zero-order valence-corrected chi connectivity index (χ0v) is 12.2. The monoisotopic (exact) mass is 275 g/mol. The van der Waals surface area contributed by atoms with Gasteiger partial charge in [-0.25, -0.2) is 9.59 Å². The highest BCUT2D eigenvalue weighted by molar-refractivity contribution is 5.82. The van der Waals surface area contributed by atoms with Crippen LogP contribution in [0.3, 0.4) is 0 Å². The Hall–Kier alpha value is -1.34. The van der Waals surface area contributed by atoms with Gasteiger partial charge in [0, 0.05) is 33.8 Å². The summed E-state index contributed by atoms with van der Waals surface area (Å²) < 4.78 is 4.95. The van der Waals surface area contributed by atoms with Crippen LogP contribution in [0, 0.1) is 0 Å². The summed E-state index contributed by atoms with van der Waals surface area (Å²) in [7, 11) is 5.06. The second kappa shape index (κ2) is 9.57. The van der Waals surface area contributed by atoms with Gasteiger partial charge in [0.05, 0.1) is 6.61 Å². The summed E-state index contributed by atoms with van der Waals surface area (Å²) in [5.41, 5.74) is 0. The molecular formula is C12H25N3O4. The minimum Gasteiger partial charge on any atom is -0.480 e. The van der Waals surface area contributed by atoms with Gasteiger partial charge in [0.2, 0.25) is 0 Å². The summed E-state index contributed by atoms with van der Waals surface area (Å²) in [5, 5.41) is 11.7. The van der Waals surface area contributed by atoms with Gasteiger partial charge in [0.25, 0.3) is 0 Å². The molecule has 0 saturated carbocycles. The van der Waals surface area contributed by atoms with E-state index in [2.05, 4.69) is 5.32 Å². The van der Waals surface area contributed by atoms with Crippen molar-refractivity contribution in [2.75, 3.05) is 47.4 Å². The Morgan fingerprint density at radius 3 is 2.42 bits per heavy atom. The fraction of sp³-hybridized carbons (Fsp3) is 0.833. The predicted octanol–water partition coefficient (Wildman–Crippen LogP) is 0.0692. The van der Waals surface area contributed by atoms with Gasteiger partial charge in [-0.05, 0) is 13.5 Å². The molecule has 0 fully saturated rings. The third-order valence-electron chi connectivity index (χ3n) is 2.91. The quantitative estimate of drug-likeness (QED) is 0.622. The number of carbonyl (C=O) groups excluding carboxylic acids is 1. The lowest BCUT2D eigenvalue weighted by molar-refractivity contribution is -0.141. The molecule has 1 atom stereocenters. The van der Waals surface area contributed by atoms with Crippen molar-refractivity contribution in [1.82, 2.24) is 15.1 Å². The molecule has 0 aromatic rings. The number of ether oxygens (including phenoxy) is 1. The van der Waals surface area contributed by atoms with Crippen LogP contribution in [-0.2, 0) is 9.53 Å². The standard InChI is InChI=1S/C12H25N3O4/c1-5-10(11(16)17)15(3)12(18)13-6-7-14(2)8-9-19-4/h10H,5-9H2,1-4H3,(H,13,18)(H,16,17). The van der Waals surface area contributed by atoms with E-state index in [4.69, 9.17) is 9.84 Å². The van der Waals surface area contributed by atoms with Crippen LogP contribution in [-0.4, -0.2) is 80.4 Å². The number of likely N-dealkylation sites (N-methyl/N-ethyl adjacent to an activating group) is 2. The topological polar surface area (TPSA) is 82.1 Å². The van der Waals surface area contributed by atoms with Crippen molar-refractivity contribution in [2.24, 2.45) is 0 Å². The molecule has 2 amide bonds. The lowest BCUT2D eigenvalue weighted by Gasteiger charge is -2.24. The number of aliphatic carboxylic acids is 1. The number of carboxylic acid groups (broad SMARTS) is 1. The Bertz CT molecular complexity index is 286. The third kappa shape index (κ3) is 6.97. The van der Waals surface area contributed by atoms with E-state index in [1.807, 2.05) is 11.9 Å². The first-order chi connectivity index (χ1) is 8.93. The van der Waals surface area contributed by atoms with Crippen LogP contribution >= 0.6 is 0 Å². The number of nitrogens with one attached hydrogen (secondary N) is 1. The second-order valence-electron chi connectivity index (χ2n) is 4.40. The maximum atomic E-state index is 11.8. The van der Waals surface area contributed by atoms with E-state index in [-0.39, 0.29) is 6.03 Å². The largest absolute Gasteiger partial charge is 0.480 e. The number of amides is 2. The van der Waals surface area contributed by atoms with Gasteiger partial charge >= 0.3 is 12.0 Å². The Balaban J connectivity index is 4.00. The number of carbonyl (C=O) groups is 2. The SMILES string of the molecule is CCC(C(=O)O)N(C)C(=O)NCCN(C)CCOC. The van der Waals surface area contributed by atoms with Crippen molar-refractivity contribution in [1.29, 1.82) is 0 Å². The van der Waals surface area contributed by atoms with Crippen molar-refractivity contribution in [3.8, 4) is 0 Å². The lowest BCUT2D eigenvalue weighted by atomic mass is 10.2. The molecule has 2 N–H and O–H groups in total. The van der Waals surface area contributed by atoms with Crippen molar-refractivity contribution < 1.29 is 19.4 Å².